The Morgan fingerprint density at radius 1 is 1.00 bits per heavy atom. The fourth-order valence-electron chi connectivity index (χ4n) is 2.59. The number of carbonyl (C=O) groups is 1. The molecule has 0 unspecified atom stereocenters. The van der Waals surface area contributed by atoms with Crippen LogP contribution in [0.3, 0.4) is 0 Å². The molecular weight excluding hydrogens is 342 g/mol. The summed E-state index contributed by atoms with van der Waals surface area (Å²) in [4.78, 5) is 15.5. The first-order valence-corrected chi connectivity index (χ1v) is 9.83. The summed E-state index contributed by atoms with van der Waals surface area (Å²) in [5.41, 5.74) is 2.78. The molecule has 2 rings (SSSR count). The first-order chi connectivity index (χ1) is 12.5. The predicted octanol–water partition coefficient (Wildman–Crippen LogP) is 4.84. The van der Waals surface area contributed by atoms with Gasteiger partial charge in [0.1, 0.15) is 12.4 Å². The molecule has 0 bridgehead atoms. The van der Waals surface area contributed by atoms with E-state index in [4.69, 9.17) is 4.74 Å². The maximum Gasteiger partial charge on any atom is 0.161 e. The van der Waals surface area contributed by atoms with E-state index in [9.17, 15) is 4.79 Å². The van der Waals surface area contributed by atoms with Crippen LogP contribution in [0, 0.1) is 0 Å². The van der Waals surface area contributed by atoms with Gasteiger partial charge in [-0.15, -0.1) is 11.8 Å². The van der Waals surface area contributed by atoms with Gasteiger partial charge in [-0.3, -0.25) is 4.79 Å². The minimum atomic E-state index is 0.0819. The molecule has 0 spiro atoms. The molecule has 138 valence electrons. The Kier molecular flexibility index (Phi) is 7.95. The van der Waals surface area contributed by atoms with Gasteiger partial charge in [0.2, 0.25) is 0 Å². The third kappa shape index (κ3) is 5.75. The first-order valence-electron chi connectivity index (χ1n) is 8.84. The van der Waals surface area contributed by atoms with Crippen molar-refractivity contribution in [3.8, 4) is 5.75 Å². The summed E-state index contributed by atoms with van der Waals surface area (Å²) in [7, 11) is 4.05. The lowest BCUT2D eigenvalue weighted by Gasteiger charge is -2.15. The minimum Gasteiger partial charge on any atom is -0.492 e. The molecule has 0 aliphatic carbocycles. The second-order valence-electron chi connectivity index (χ2n) is 6.24. The van der Waals surface area contributed by atoms with Crippen molar-refractivity contribution in [1.29, 1.82) is 0 Å². The van der Waals surface area contributed by atoms with Gasteiger partial charge in [-0.1, -0.05) is 49.4 Å². The van der Waals surface area contributed by atoms with E-state index < -0.39 is 0 Å². The van der Waals surface area contributed by atoms with Crippen molar-refractivity contribution in [3.63, 3.8) is 0 Å². The Labute approximate surface area is 161 Å². The van der Waals surface area contributed by atoms with Crippen molar-refractivity contribution in [2.45, 2.75) is 13.8 Å². The van der Waals surface area contributed by atoms with Gasteiger partial charge in [0, 0.05) is 17.0 Å². The Balaban J connectivity index is 2.34. The molecule has 3 nitrogen and oxygen atoms in total. The highest BCUT2D eigenvalue weighted by atomic mass is 32.2. The number of hydrogen-bond donors (Lipinski definition) is 0. The number of carbonyl (C=O) groups excluding carboxylic acids is 1. The van der Waals surface area contributed by atoms with Crippen molar-refractivity contribution >= 4 is 28.0 Å². The summed E-state index contributed by atoms with van der Waals surface area (Å²) in [5, 5.41) is 0. The molecule has 0 amide bonds. The normalized spacial score (nSPS) is 12.0. The average molecular weight is 370 g/mol. The number of likely N-dealkylation sites (N-methyl/N-ethyl adjacent to an activating group) is 1. The molecule has 0 fully saturated rings. The number of ketones is 1. The molecular formula is C22H27NO2S. The van der Waals surface area contributed by atoms with Crippen LogP contribution < -0.4 is 4.74 Å². The molecule has 0 heterocycles. The third-order valence-corrected chi connectivity index (χ3v) is 4.87. The van der Waals surface area contributed by atoms with Gasteiger partial charge in [0.15, 0.2) is 5.78 Å². The summed E-state index contributed by atoms with van der Waals surface area (Å²) >= 11 is 1.70. The quantitative estimate of drug-likeness (QED) is 0.467. The van der Waals surface area contributed by atoms with E-state index in [0.717, 1.165) is 39.7 Å². The van der Waals surface area contributed by atoms with E-state index >= 15 is 0 Å². The van der Waals surface area contributed by atoms with Crippen molar-refractivity contribution in [1.82, 2.24) is 4.90 Å². The van der Waals surface area contributed by atoms with Crippen LogP contribution in [0.2, 0.25) is 0 Å². The number of hydrogen-bond acceptors (Lipinski definition) is 4. The average Bonchev–Trinajstić information content (AvgIpc) is 2.62. The largest absolute Gasteiger partial charge is 0.492 e. The zero-order valence-corrected chi connectivity index (χ0v) is 16.8. The highest BCUT2D eigenvalue weighted by Gasteiger charge is 2.16. The lowest BCUT2D eigenvalue weighted by molar-refractivity contribution is -0.111. The van der Waals surface area contributed by atoms with E-state index in [1.807, 2.05) is 68.7 Å². The summed E-state index contributed by atoms with van der Waals surface area (Å²) in [6, 6.07) is 17.9. The van der Waals surface area contributed by atoms with Crippen molar-refractivity contribution in [3.05, 3.63) is 65.7 Å². The molecule has 0 saturated carbocycles. The van der Waals surface area contributed by atoms with Crippen LogP contribution in [-0.4, -0.2) is 43.7 Å². The van der Waals surface area contributed by atoms with Gasteiger partial charge in [0.25, 0.3) is 0 Å². The number of rotatable bonds is 9. The van der Waals surface area contributed by atoms with E-state index in [-0.39, 0.29) is 5.78 Å². The number of thioether (sulfide) groups is 1. The van der Waals surface area contributed by atoms with E-state index in [0.29, 0.717) is 6.61 Å². The molecule has 2 aromatic carbocycles. The third-order valence-electron chi connectivity index (χ3n) is 3.85. The second-order valence-corrected chi connectivity index (χ2v) is 7.51. The Morgan fingerprint density at radius 3 is 2.19 bits per heavy atom. The number of benzene rings is 2. The lowest BCUT2D eigenvalue weighted by atomic mass is 9.99. The predicted molar refractivity (Wildman–Crippen MR) is 113 cm³/mol. The smallest absolute Gasteiger partial charge is 0.161 e. The Hall–Kier alpha value is -2.04. The van der Waals surface area contributed by atoms with Crippen LogP contribution in [-0.2, 0) is 4.79 Å². The number of Topliss-reactive ketones (excluding diaryl/α,β-unsaturated/α-hetero) is 1. The summed E-state index contributed by atoms with van der Waals surface area (Å²) < 4.78 is 5.77. The maximum atomic E-state index is 12.4. The fourth-order valence-corrected chi connectivity index (χ4v) is 3.59. The van der Waals surface area contributed by atoms with Crippen molar-refractivity contribution in [2.24, 2.45) is 0 Å². The van der Waals surface area contributed by atoms with Crippen LogP contribution in [0.15, 0.2) is 54.6 Å². The van der Waals surface area contributed by atoms with Crippen LogP contribution in [0.25, 0.3) is 10.5 Å². The standard InChI is InChI=1S/C22H27NO2S/c1-5-26-22(21(17(2)24)18-9-7-6-8-10-18)19-11-13-20(14-12-19)25-16-15-23(3)4/h6-14H,5,15-16H2,1-4H3. The zero-order valence-electron chi connectivity index (χ0n) is 16.0. The van der Waals surface area contributed by atoms with Gasteiger partial charge in [-0.25, -0.2) is 0 Å². The Morgan fingerprint density at radius 2 is 1.65 bits per heavy atom. The van der Waals surface area contributed by atoms with Gasteiger partial charge in [0.05, 0.1) is 0 Å². The monoisotopic (exact) mass is 369 g/mol. The molecule has 26 heavy (non-hydrogen) atoms. The molecule has 0 radical (unpaired) electrons. The number of ether oxygens (including phenoxy) is 1. The molecule has 0 atom stereocenters. The van der Waals surface area contributed by atoms with E-state index in [1.54, 1.807) is 18.7 Å². The Bertz CT molecular complexity index is 736. The SMILES string of the molecule is CCSC(=C(C(C)=O)c1ccccc1)c1ccc(OCCN(C)C)cc1. The van der Waals surface area contributed by atoms with Crippen LogP contribution in [0.5, 0.6) is 5.75 Å². The second kappa shape index (κ2) is 10.2. The summed E-state index contributed by atoms with van der Waals surface area (Å²) in [6.45, 7) is 5.27. The molecule has 0 aromatic heterocycles. The first kappa shape index (κ1) is 20.3. The molecule has 0 N–H and O–H groups in total. The summed E-state index contributed by atoms with van der Waals surface area (Å²) in [6.07, 6.45) is 0. The van der Waals surface area contributed by atoms with Crippen molar-refractivity contribution < 1.29 is 9.53 Å². The van der Waals surface area contributed by atoms with Gasteiger partial charge in [-0.05, 0) is 50.0 Å². The zero-order chi connectivity index (χ0) is 18.9. The highest BCUT2D eigenvalue weighted by Crippen LogP contribution is 2.36. The fraction of sp³-hybridized carbons (Fsp3) is 0.318. The molecule has 4 heteroatoms. The minimum absolute atomic E-state index is 0.0819. The molecule has 0 aliphatic rings. The van der Waals surface area contributed by atoms with E-state index in [2.05, 4.69) is 11.8 Å². The number of allylic oxidation sites excluding steroid dienone is 1. The van der Waals surface area contributed by atoms with Crippen LogP contribution in [0.1, 0.15) is 25.0 Å². The molecule has 0 aliphatic heterocycles. The summed E-state index contributed by atoms with van der Waals surface area (Å²) in [5.74, 6) is 1.83. The van der Waals surface area contributed by atoms with Gasteiger partial charge in [-0.2, -0.15) is 0 Å². The molecule has 2 aromatic rings. The molecule has 0 saturated heterocycles. The maximum absolute atomic E-state index is 12.4. The van der Waals surface area contributed by atoms with Crippen molar-refractivity contribution in [2.75, 3.05) is 33.0 Å². The van der Waals surface area contributed by atoms with Gasteiger partial charge >= 0.3 is 0 Å². The van der Waals surface area contributed by atoms with Crippen LogP contribution in [0.4, 0.5) is 0 Å². The highest BCUT2D eigenvalue weighted by molar-refractivity contribution is 8.08. The topological polar surface area (TPSA) is 29.5 Å². The number of nitrogens with zero attached hydrogens (tertiary/aromatic N) is 1. The lowest BCUT2D eigenvalue weighted by Crippen LogP contribution is -2.19. The van der Waals surface area contributed by atoms with E-state index in [1.165, 1.54) is 0 Å². The van der Waals surface area contributed by atoms with Crippen LogP contribution >= 0.6 is 11.8 Å². The van der Waals surface area contributed by atoms with Gasteiger partial charge < -0.3 is 9.64 Å².